The minimum Gasteiger partial charge on any atom is -0.0654 e. The molecule has 4 unspecified atom stereocenters. The lowest BCUT2D eigenvalue weighted by Crippen LogP contribution is -2.02. The first-order chi connectivity index (χ1) is 17.5. The van der Waals surface area contributed by atoms with Gasteiger partial charge in [0.25, 0.3) is 0 Å². The Morgan fingerprint density at radius 3 is 0.806 bits per heavy atom. The summed E-state index contributed by atoms with van der Waals surface area (Å²) in [6, 6.07) is 0. The van der Waals surface area contributed by atoms with Gasteiger partial charge in [-0.25, -0.2) is 0 Å². The van der Waals surface area contributed by atoms with Crippen molar-refractivity contribution in [2.24, 2.45) is 23.7 Å². The first-order valence-corrected chi connectivity index (χ1v) is 17.5. The van der Waals surface area contributed by atoms with Crippen molar-refractivity contribution in [1.29, 1.82) is 0 Å². The summed E-state index contributed by atoms with van der Waals surface area (Å²) in [5.41, 5.74) is 0. The van der Waals surface area contributed by atoms with E-state index in [-0.39, 0.29) is 0 Å². The van der Waals surface area contributed by atoms with Gasteiger partial charge in [-0.15, -0.1) is 0 Å². The van der Waals surface area contributed by atoms with Crippen molar-refractivity contribution in [1.82, 2.24) is 0 Å². The van der Waals surface area contributed by atoms with Gasteiger partial charge >= 0.3 is 0 Å². The molecule has 0 amide bonds. The molecule has 0 fully saturated rings. The van der Waals surface area contributed by atoms with Crippen LogP contribution in [0.1, 0.15) is 208 Å². The summed E-state index contributed by atoms with van der Waals surface area (Å²) >= 11 is 0. The highest BCUT2D eigenvalue weighted by Crippen LogP contribution is 2.24. The number of hydrogen-bond donors (Lipinski definition) is 0. The molecule has 0 aromatic carbocycles. The Labute approximate surface area is 232 Å². The Hall–Kier alpha value is 0. The summed E-state index contributed by atoms with van der Waals surface area (Å²) in [4.78, 5) is 0. The van der Waals surface area contributed by atoms with Crippen molar-refractivity contribution >= 4 is 0 Å². The molecule has 0 heteroatoms. The normalized spacial score (nSPS) is 15.2. The SMILES string of the molecule is CCCCCCCCCCCCCCCCC(C)CCCC(C)CCCC(C)CCCC(C)CCC. The topological polar surface area (TPSA) is 0 Å². The third-order valence-electron chi connectivity index (χ3n) is 9.01. The predicted octanol–water partition coefficient (Wildman–Crippen LogP) is 13.7. The summed E-state index contributed by atoms with van der Waals surface area (Å²) in [6.07, 6.45) is 38.0. The number of hydrogen-bond acceptors (Lipinski definition) is 0. The minimum absolute atomic E-state index is 0.940. The Morgan fingerprint density at radius 1 is 0.250 bits per heavy atom. The quantitative estimate of drug-likeness (QED) is 0.0884. The van der Waals surface area contributed by atoms with Crippen LogP contribution in [-0.2, 0) is 0 Å². The van der Waals surface area contributed by atoms with Crippen LogP contribution < -0.4 is 0 Å². The molecule has 0 N–H and O–H groups in total. The molecule has 0 bridgehead atoms. The van der Waals surface area contributed by atoms with Gasteiger partial charge in [-0.3, -0.25) is 0 Å². The van der Waals surface area contributed by atoms with Gasteiger partial charge in [-0.05, 0) is 23.7 Å². The van der Waals surface area contributed by atoms with Gasteiger partial charge in [0.15, 0.2) is 0 Å². The fourth-order valence-corrected chi connectivity index (χ4v) is 6.20. The molecule has 0 aromatic heterocycles. The first-order valence-electron chi connectivity index (χ1n) is 17.5. The summed E-state index contributed by atoms with van der Waals surface area (Å²) in [5, 5.41) is 0. The van der Waals surface area contributed by atoms with Crippen molar-refractivity contribution in [3.63, 3.8) is 0 Å². The van der Waals surface area contributed by atoms with Gasteiger partial charge in [-0.1, -0.05) is 208 Å². The molecule has 0 aliphatic carbocycles. The van der Waals surface area contributed by atoms with Crippen LogP contribution in [0.3, 0.4) is 0 Å². The lowest BCUT2D eigenvalue weighted by molar-refractivity contribution is 0.366. The first kappa shape index (κ1) is 36.0. The molecular formula is C36H74. The van der Waals surface area contributed by atoms with Gasteiger partial charge in [0.05, 0.1) is 0 Å². The lowest BCUT2D eigenvalue weighted by Gasteiger charge is -2.16. The Balaban J connectivity index is 3.40. The summed E-state index contributed by atoms with van der Waals surface area (Å²) in [6.45, 7) is 14.6. The molecular weight excluding hydrogens is 432 g/mol. The maximum absolute atomic E-state index is 2.51. The molecule has 0 saturated heterocycles. The zero-order chi connectivity index (χ0) is 26.7. The number of rotatable bonds is 29. The van der Waals surface area contributed by atoms with Crippen LogP contribution >= 0.6 is 0 Å². The monoisotopic (exact) mass is 507 g/mol. The van der Waals surface area contributed by atoms with E-state index in [1.165, 1.54) is 167 Å². The molecule has 0 spiro atoms. The van der Waals surface area contributed by atoms with Crippen molar-refractivity contribution in [2.45, 2.75) is 208 Å². The van der Waals surface area contributed by atoms with Crippen molar-refractivity contribution < 1.29 is 0 Å². The van der Waals surface area contributed by atoms with Crippen molar-refractivity contribution in [2.75, 3.05) is 0 Å². The van der Waals surface area contributed by atoms with E-state index in [1.54, 1.807) is 0 Å². The molecule has 0 aromatic rings. The third kappa shape index (κ3) is 27.0. The van der Waals surface area contributed by atoms with Crippen LogP contribution in [0.2, 0.25) is 0 Å². The molecule has 0 radical (unpaired) electrons. The number of unbranched alkanes of at least 4 members (excludes halogenated alkanes) is 13. The fourth-order valence-electron chi connectivity index (χ4n) is 6.20. The van der Waals surface area contributed by atoms with Gasteiger partial charge in [0.2, 0.25) is 0 Å². The molecule has 0 rings (SSSR count). The average Bonchev–Trinajstić information content (AvgIpc) is 2.84. The van der Waals surface area contributed by atoms with Crippen LogP contribution in [0.4, 0.5) is 0 Å². The van der Waals surface area contributed by atoms with Gasteiger partial charge in [0, 0.05) is 0 Å². The second kappa shape index (κ2) is 28.0. The maximum Gasteiger partial charge on any atom is -0.0443 e. The van der Waals surface area contributed by atoms with Crippen LogP contribution in [0.25, 0.3) is 0 Å². The van der Waals surface area contributed by atoms with Gasteiger partial charge in [-0.2, -0.15) is 0 Å². The smallest absolute Gasteiger partial charge is 0.0443 e. The highest BCUT2D eigenvalue weighted by Gasteiger charge is 2.09. The zero-order valence-corrected chi connectivity index (χ0v) is 26.7. The zero-order valence-electron chi connectivity index (χ0n) is 26.7. The molecule has 36 heavy (non-hydrogen) atoms. The maximum atomic E-state index is 2.51. The van der Waals surface area contributed by atoms with E-state index >= 15 is 0 Å². The summed E-state index contributed by atoms with van der Waals surface area (Å²) in [5.74, 6) is 3.77. The average molecular weight is 507 g/mol. The molecule has 0 aliphatic rings. The predicted molar refractivity (Wildman–Crippen MR) is 168 cm³/mol. The van der Waals surface area contributed by atoms with E-state index in [0.717, 1.165) is 23.7 Å². The van der Waals surface area contributed by atoms with Crippen LogP contribution in [0, 0.1) is 23.7 Å². The van der Waals surface area contributed by atoms with E-state index in [9.17, 15) is 0 Å². The van der Waals surface area contributed by atoms with Crippen LogP contribution in [0.15, 0.2) is 0 Å². The lowest BCUT2D eigenvalue weighted by atomic mass is 9.90. The highest BCUT2D eigenvalue weighted by molar-refractivity contribution is 4.62. The molecule has 0 heterocycles. The van der Waals surface area contributed by atoms with Gasteiger partial charge in [0.1, 0.15) is 0 Å². The minimum atomic E-state index is 0.940. The summed E-state index contributed by atoms with van der Waals surface area (Å²) in [7, 11) is 0. The Morgan fingerprint density at radius 2 is 0.500 bits per heavy atom. The standard InChI is InChI=1S/C36H74/c1-7-9-10-11-12-13-14-15-16-17-18-19-20-21-26-34(4)28-23-30-36(6)32-24-31-35(5)29-22-27-33(3)25-8-2/h33-36H,7-32H2,1-6H3. The summed E-state index contributed by atoms with van der Waals surface area (Å²) < 4.78 is 0. The van der Waals surface area contributed by atoms with Gasteiger partial charge < -0.3 is 0 Å². The largest absolute Gasteiger partial charge is 0.0654 e. The second-order valence-electron chi connectivity index (χ2n) is 13.4. The fraction of sp³-hybridized carbons (Fsp3) is 1.00. The van der Waals surface area contributed by atoms with E-state index in [0.29, 0.717) is 0 Å². The van der Waals surface area contributed by atoms with E-state index in [4.69, 9.17) is 0 Å². The van der Waals surface area contributed by atoms with Crippen LogP contribution in [-0.4, -0.2) is 0 Å². The molecule has 218 valence electrons. The van der Waals surface area contributed by atoms with E-state index < -0.39 is 0 Å². The van der Waals surface area contributed by atoms with Crippen molar-refractivity contribution in [3.8, 4) is 0 Å². The molecule has 0 nitrogen and oxygen atoms in total. The molecule has 0 saturated carbocycles. The highest BCUT2D eigenvalue weighted by atomic mass is 14.1. The second-order valence-corrected chi connectivity index (χ2v) is 13.4. The molecule has 4 atom stereocenters. The Bertz CT molecular complexity index is 399. The van der Waals surface area contributed by atoms with Crippen molar-refractivity contribution in [3.05, 3.63) is 0 Å². The van der Waals surface area contributed by atoms with Crippen LogP contribution in [0.5, 0.6) is 0 Å². The third-order valence-corrected chi connectivity index (χ3v) is 9.01. The van der Waals surface area contributed by atoms with E-state index in [1.807, 2.05) is 0 Å². The van der Waals surface area contributed by atoms with E-state index in [2.05, 4.69) is 41.5 Å². The molecule has 0 aliphatic heterocycles. The Kier molecular flexibility index (Phi) is 28.0.